The van der Waals surface area contributed by atoms with Crippen molar-refractivity contribution in [2.75, 3.05) is 13.7 Å². The predicted octanol–water partition coefficient (Wildman–Crippen LogP) is 0.671. The Morgan fingerprint density at radius 2 is 2.25 bits per heavy atom. The van der Waals surface area contributed by atoms with Crippen LogP contribution in [0.3, 0.4) is 0 Å². The molecule has 1 rings (SSSR count). The SMILES string of the molecule is COC(=O)C1CCC(F)CN1.Cl. The Balaban J connectivity index is 0.00000121. The maximum Gasteiger partial charge on any atom is 0.322 e. The van der Waals surface area contributed by atoms with Gasteiger partial charge in [0.1, 0.15) is 12.2 Å². The summed E-state index contributed by atoms with van der Waals surface area (Å²) in [6, 6.07) is -0.299. The number of rotatable bonds is 1. The number of piperidine rings is 1. The fourth-order valence-corrected chi connectivity index (χ4v) is 1.17. The molecule has 1 aliphatic heterocycles. The van der Waals surface area contributed by atoms with Crippen LogP contribution in [0.4, 0.5) is 4.39 Å². The van der Waals surface area contributed by atoms with Crippen molar-refractivity contribution in [1.82, 2.24) is 5.32 Å². The van der Waals surface area contributed by atoms with Gasteiger partial charge in [-0.3, -0.25) is 4.79 Å². The molecule has 2 unspecified atom stereocenters. The van der Waals surface area contributed by atoms with Crippen LogP contribution in [-0.4, -0.2) is 31.8 Å². The zero-order valence-electron chi connectivity index (χ0n) is 6.88. The Hall–Kier alpha value is -0.350. The number of halogens is 2. The standard InChI is InChI=1S/C7H12FNO2.ClH/c1-11-7(10)6-3-2-5(8)4-9-6;/h5-6,9H,2-4H2,1H3;1H. The minimum absolute atomic E-state index is 0. The number of esters is 1. The first-order valence-corrected chi connectivity index (χ1v) is 3.69. The first-order chi connectivity index (χ1) is 5.24. The zero-order chi connectivity index (χ0) is 8.27. The third-order valence-electron chi connectivity index (χ3n) is 1.84. The maximum absolute atomic E-state index is 12.5. The highest BCUT2D eigenvalue weighted by atomic mass is 35.5. The molecule has 3 nitrogen and oxygen atoms in total. The summed E-state index contributed by atoms with van der Waals surface area (Å²) in [4.78, 5) is 10.9. The van der Waals surface area contributed by atoms with Crippen LogP contribution in [-0.2, 0) is 9.53 Å². The van der Waals surface area contributed by atoms with Crippen LogP contribution in [0.2, 0.25) is 0 Å². The van der Waals surface area contributed by atoms with Crippen molar-refractivity contribution in [1.29, 1.82) is 0 Å². The van der Waals surface area contributed by atoms with E-state index in [0.29, 0.717) is 12.8 Å². The Bertz CT molecular complexity index is 148. The summed E-state index contributed by atoms with van der Waals surface area (Å²) in [5, 5.41) is 2.77. The molecule has 1 heterocycles. The van der Waals surface area contributed by atoms with Gasteiger partial charge in [0.05, 0.1) is 7.11 Å². The first kappa shape index (κ1) is 11.6. The lowest BCUT2D eigenvalue weighted by Crippen LogP contribution is -2.45. The van der Waals surface area contributed by atoms with Gasteiger partial charge >= 0.3 is 5.97 Å². The quantitative estimate of drug-likeness (QED) is 0.628. The predicted molar refractivity (Wildman–Crippen MR) is 45.2 cm³/mol. The summed E-state index contributed by atoms with van der Waals surface area (Å²) in [5.74, 6) is -0.295. The Morgan fingerprint density at radius 3 is 2.67 bits per heavy atom. The molecule has 2 atom stereocenters. The molecule has 0 aliphatic carbocycles. The van der Waals surface area contributed by atoms with Gasteiger partial charge in [-0.05, 0) is 12.8 Å². The van der Waals surface area contributed by atoms with Crippen molar-refractivity contribution in [3.8, 4) is 0 Å². The topological polar surface area (TPSA) is 38.3 Å². The largest absolute Gasteiger partial charge is 0.468 e. The van der Waals surface area contributed by atoms with Gasteiger partial charge in [-0.2, -0.15) is 0 Å². The highest BCUT2D eigenvalue weighted by Gasteiger charge is 2.25. The number of methoxy groups -OCH3 is 1. The molecule has 5 heteroatoms. The fraction of sp³-hybridized carbons (Fsp3) is 0.857. The maximum atomic E-state index is 12.5. The van der Waals surface area contributed by atoms with Crippen LogP contribution < -0.4 is 5.32 Å². The molecule has 1 aliphatic rings. The number of carbonyl (C=O) groups excluding carboxylic acids is 1. The highest BCUT2D eigenvalue weighted by molar-refractivity contribution is 5.85. The summed E-state index contributed by atoms with van der Waals surface area (Å²) in [6.45, 7) is 0.264. The second-order valence-corrected chi connectivity index (χ2v) is 2.66. The fourth-order valence-electron chi connectivity index (χ4n) is 1.17. The summed E-state index contributed by atoms with van der Waals surface area (Å²) in [6.07, 6.45) is 0.177. The van der Waals surface area contributed by atoms with E-state index >= 15 is 0 Å². The molecule has 12 heavy (non-hydrogen) atoms. The van der Waals surface area contributed by atoms with E-state index in [1.54, 1.807) is 0 Å². The molecule has 72 valence electrons. The minimum Gasteiger partial charge on any atom is -0.468 e. The van der Waals surface area contributed by atoms with Gasteiger partial charge < -0.3 is 10.1 Å². The van der Waals surface area contributed by atoms with E-state index in [0.717, 1.165) is 0 Å². The van der Waals surface area contributed by atoms with Gasteiger partial charge in [0.25, 0.3) is 0 Å². The molecule has 1 N–H and O–H groups in total. The Kier molecular flexibility index (Phi) is 5.17. The molecular formula is C7H13ClFNO2. The average Bonchev–Trinajstić information content (AvgIpc) is 2.05. The number of nitrogens with one attached hydrogen (secondary N) is 1. The summed E-state index contributed by atoms with van der Waals surface area (Å²) < 4.78 is 17.0. The van der Waals surface area contributed by atoms with Crippen LogP contribution in [0.25, 0.3) is 0 Å². The lowest BCUT2D eigenvalue weighted by molar-refractivity contribution is -0.144. The molecule has 1 fully saturated rings. The molecular weight excluding hydrogens is 185 g/mol. The molecule has 0 aromatic heterocycles. The number of carbonyl (C=O) groups is 1. The Morgan fingerprint density at radius 1 is 1.58 bits per heavy atom. The second kappa shape index (κ2) is 5.32. The normalized spacial score (nSPS) is 28.8. The van der Waals surface area contributed by atoms with Gasteiger partial charge in [0.15, 0.2) is 0 Å². The number of hydrogen-bond acceptors (Lipinski definition) is 3. The third kappa shape index (κ3) is 2.95. The van der Waals surface area contributed by atoms with Gasteiger partial charge in [0.2, 0.25) is 0 Å². The van der Waals surface area contributed by atoms with Crippen LogP contribution in [0, 0.1) is 0 Å². The van der Waals surface area contributed by atoms with E-state index in [9.17, 15) is 9.18 Å². The summed E-state index contributed by atoms with van der Waals surface area (Å²) >= 11 is 0. The van der Waals surface area contributed by atoms with E-state index in [4.69, 9.17) is 0 Å². The van der Waals surface area contributed by atoms with Crippen LogP contribution >= 0.6 is 12.4 Å². The van der Waals surface area contributed by atoms with Crippen LogP contribution in [0.15, 0.2) is 0 Å². The molecule has 0 bridgehead atoms. The van der Waals surface area contributed by atoms with Crippen molar-refractivity contribution >= 4 is 18.4 Å². The Labute approximate surface area is 77.1 Å². The number of hydrogen-bond donors (Lipinski definition) is 1. The van der Waals surface area contributed by atoms with E-state index in [1.165, 1.54) is 7.11 Å². The molecule has 0 aromatic rings. The van der Waals surface area contributed by atoms with E-state index < -0.39 is 6.17 Å². The van der Waals surface area contributed by atoms with Gasteiger partial charge in [-0.25, -0.2) is 4.39 Å². The zero-order valence-corrected chi connectivity index (χ0v) is 7.70. The lowest BCUT2D eigenvalue weighted by Gasteiger charge is -2.23. The van der Waals surface area contributed by atoms with E-state index in [-0.39, 0.29) is 31.0 Å². The number of ether oxygens (including phenoxy) is 1. The molecule has 1 saturated heterocycles. The van der Waals surface area contributed by atoms with Crippen molar-refractivity contribution in [2.45, 2.75) is 25.1 Å². The highest BCUT2D eigenvalue weighted by Crippen LogP contribution is 2.11. The smallest absolute Gasteiger partial charge is 0.322 e. The van der Waals surface area contributed by atoms with Crippen LogP contribution in [0.1, 0.15) is 12.8 Å². The molecule has 0 aromatic carbocycles. The lowest BCUT2D eigenvalue weighted by atomic mass is 10.0. The average molecular weight is 198 g/mol. The van der Waals surface area contributed by atoms with Crippen molar-refractivity contribution < 1.29 is 13.9 Å². The van der Waals surface area contributed by atoms with Crippen molar-refractivity contribution in [3.63, 3.8) is 0 Å². The van der Waals surface area contributed by atoms with E-state index in [1.807, 2.05) is 0 Å². The van der Waals surface area contributed by atoms with Crippen LogP contribution in [0.5, 0.6) is 0 Å². The summed E-state index contributed by atoms with van der Waals surface area (Å²) in [5.41, 5.74) is 0. The first-order valence-electron chi connectivity index (χ1n) is 3.69. The number of alkyl halides is 1. The molecule has 0 spiro atoms. The molecule has 0 saturated carbocycles. The summed E-state index contributed by atoms with van der Waals surface area (Å²) in [7, 11) is 1.34. The van der Waals surface area contributed by atoms with E-state index in [2.05, 4.69) is 10.1 Å². The van der Waals surface area contributed by atoms with Crippen molar-refractivity contribution in [2.24, 2.45) is 0 Å². The molecule has 0 amide bonds. The third-order valence-corrected chi connectivity index (χ3v) is 1.84. The van der Waals surface area contributed by atoms with Gasteiger partial charge in [-0.1, -0.05) is 0 Å². The minimum atomic E-state index is -0.809. The van der Waals surface area contributed by atoms with Crippen molar-refractivity contribution in [3.05, 3.63) is 0 Å². The molecule has 0 radical (unpaired) electrons. The van der Waals surface area contributed by atoms with Gasteiger partial charge in [-0.15, -0.1) is 12.4 Å². The van der Waals surface area contributed by atoms with Gasteiger partial charge in [0, 0.05) is 6.54 Å². The second-order valence-electron chi connectivity index (χ2n) is 2.66. The monoisotopic (exact) mass is 197 g/mol.